The summed E-state index contributed by atoms with van der Waals surface area (Å²) in [5.74, 6) is 0. The fraction of sp³-hybridized carbons (Fsp3) is 0.400. The molecule has 0 fully saturated rings. The van der Waals surface area contributed by atoms with Crippen LogP contribution in [-0.2, 0) is 13.1 Å². The highest BCUT2D eigenvalue weighted by molar-refractivity contribution is 7.12. The van der Waals surface area contributed by atoms with Crippen LogP contribution in [0, 0.1) is 0 Å². The van der Waals surface area contributed by atoms with E-state index in [0.29, 0.717) is 0 Å². The summed E-state index contributed by atoms with van der Waals surface area (Å²) >= 11 is 3.12. The van der Waals surface area contributed by atoms with Gasteiger partial charge in [0.05, 0.1) is 11.8 Å². The monoisotopic (exact) mass is 268 g/mol. The molecule has 0 saturated heterocycles. The summed E-state index contributed by atoms with van der Waals surface area (Å²) in [4.78, 5) is 0.871. The third kappa shape index (κ3) is 2.86. The molecule has 0 aromatic carbocycles. The molecule has 2 aromatic heterocycles. The highest BCUT2D eigenvalue weighted by Gasteiger charge is 2.08. The van der Waals surface area contributed by atoms with E-state index in [1.165, 1.54) is 0 Å². The molecule has 0 aliphatic heterocycles. The lowest BCUT2D eigenvalue weighted by Crippen LogP contribution is -2.28. The number of aromatic nitrogens is 2. The van der Waals surface area contributed by atoms with Gasteiger partial charge in [0.2, 0.25) is 4.80 Å². The second-order valence-electron chi connectivity index (χ2n) is 3.23. The number of hydrogen-bond acceptors (Lipinski definition) is 4. The summed E-state index contributed by atoms with van der Waals surface area (Å²) < 4.78 is 4.07. The Kier molecular flexibility index (Phi) is 4.16. The van der Waals surface area contributed by atoms with Crippen molar-refractivity contribution in [1.29, 1.82) is 0 Å². The molecular formula is C10H14N5S2+. The van der Waals surface area contributed by atoms with Gasteiger partial charge in [0.25, 0.3) is 0 Å². The summed E-state index contributed by atoms with van der Waals surface area (Å²) in [5, 5.41) is 17.0. The molecule has 2 aromatic rings. The minimum Gasteiger partial charge on any atom is -0.322 e. The smallest absolute Gasteiger partial charge is 0.322 e. The lowest BCUT2D eigenvalue weighted by atomic mass is 10.7. The fourth-order valence-electron chi connectivity index (χ4n) is 1.33. The quantitative estimate of drug-likeness (QED) is 0.465. The average Bonchev–Trinajstić information content (AvgIpc) is 2.97. The van der Waals surface area contributed by atoms with Gasteiger partial charge in [-0.2, -0.15) is 0 Å². The molecule has 0 N–H and O–H groups in total. The van der Waals surface area contributed by atoms with Crippen LogP contribution in [0.2, 0.25) is 0 Å². The van der Waals surface area contributed by atoms with Crippen molar-refractivity contribution in [3.05, 3.63) is 28.0 Å². The minimum absolute atomic E-state index is 0.871. The van der Waals surface area contributed by atoms with E-state index in [2.05, 4.69) is 29.3 Å². The van der Waals surface area contributed by atoms with E-state index in [-0.39, 0.29) is 0 Å². The molecule has 0 amide bonds. The molecule has 0 spiro atoms. The van der Waals surface area contributed by atoms with Gasteiger partial charge in [-0.1, -0.05) is 5.10 Å². The topological polar surface area (TPSA) is 45.9 Å². The molecule has 90 valence electrons. The maximum atomic E-state index is 4.12. The van der Waals surface area contributed by atoms with Crippen molar-refractivity contribution in [1.82, 2.24) is 4.57 Å². The maximum absolute atomic E-state index is 4.12. The number of hydrogen-bond donors (Lipinski definition) is 0. The van der Waals surface area contributed by atoms with Gasteiger partial charge in [-0.15, -0.1) is 11.3 Å². The molecule has 0 bridgehead atoms. The third-order valence-corrected chi connectivity index (χ3v) is 3.83. The van der Waals surface area contributed by atoms with Crippen molar-refractivity contribution in [2.45, 2.75) is 26.9 Å². The molecular weight excluding hydrogens is 254 g/mol. The van der Waals surface area contributed by atoms with Gasteiger partial charge < -0.3 is 4.57 Å². The van der Waals surface area contributed by atoms with Gasteiger partial charge in [0.1, 0.15) is 11.3 Å². The predicted octanol–water partition coefficient (Wildman–Crippen LogP) is 2.54. The average molecular weight is 268 g/mol. The Morgan fingerprint density at radius 1 is 1.29 bits per heavy atom. The first-order chi connectivity index (χ1) is 8.35. The lowest BCUT2D eigenvalue weighted by molar-refractivity contribution is -0.676. The van der Waals surface area contributed by atoms with Crippen LogP contribution in [0.1, 0.15) is 13.8 Å². The number of aryl methyl sites for hydroxylation is 2. The first-order valence-electron chi connectivity index (χ1n) is 5.40. The van der Waals surface area contributed by atoms with Crippen molar-refractivity contribution < 1.29 is 4.57 Å². The van der Waals surface area contributed by atoms with Crippen LogP contribution >= 0.6 is 22.7 Å². The van der Waals surface area contributed by atoms with Gasteiger partial charge in [-0.25, -0.2) is 4.57 Å². The zero-order chi connectivity index (χ0) is 12.1. The molecule has 17 heavy (non-hydrogen) atoms. The van der Waals surface area contributed by atoms with Crippen molar-refractivity contribution in [2.24, 2.45) is 15.4 Å². The number of rotatable bonds is 4. The van der Waals surface area contributed by atoms with Crippen molar-refractivity contribution in [3.63, 3.8) is 0 Å². The molecule has 0 saturated carbocycles. The van der Waals surface area contributed by atoms with E-state index in [9.17, 15) is 0 Å². The van der Waals surface area contributed by atoms with E-state index in [1.807, 2.05) is 32.3 Å². The van der Waals surface area contributed by atoms with Gasteiger partial charge >= 0.3 is 5.13 Å². The highest BCUT2D eigenvalue weighted by atomic mass is 32.1. The van der Waals surface area contributed by atoms with Crippen molar-refractivity contribution in [3.8, 4) is 0 Å². The Hall–Kier alpha value is -1.34. The lowest BCUT2D eigenvalue weighted by Gasteiger charge is -1.91. The Balaban J connectivity index is 2.20. The second kappa shape index (κ2) is 5.83. The Bertz CT molecular complexity index is 563. The normalized spacial score (nSPS) is 12.7. The summed E-state index contributed by atoms with van der Waals surface area (Å²) in [6.45, 7) is 5.94. The van der Waals surface area contributed by atoms with Crippen LogP contribution in [0.4, 0.5) is 5.13 Å². The Morgan fingerprint density at radius 2 is 2.18 bits per heavy atom. The summed E-state index contributed by atoms with van der Waals surface area (Å²) in [5.41, 5.74) is 0. The fourth-order valence-corrected chi connectivity index (χ4v) is 2.81. The van der Waals surface area contributed by atoms with E-state index in [4.69, 9.17) is 0 Å². The van der Waals surface area contributed by atoms with Crippen LogP contribution in [0.25, 0.3) is 0 Å². The highest BCUT2D eigenvalue weighted by Crippen LogP contribution is 2.13. The van der Waals surface area contributed by atoms with Gasteiger partial charge in [0.15, 0.2) is 0 Å². The Morgan fingerprint density at radius 3 is 2.94 bits per heavy atom. The van der Waals surface area contributed by atoms with Gasteiger partial charge in [-0.3, -0.25) is 0 Å². The zero-order valence-corrected chi connectivity index (χ0v) is 11.4. The molecule has 7 heteroatoms. The molecule has 0 atom stereocenters. The van der Waals surface area contributed by atoms with Crippen LogP contribution in [0.5, 0.6) is 0 Å². The molecule has 2 heterocycles. The molecule has 2 rings (SSSR count). The maximum Gasteiger partial charge on any atom is 0.410 e. The summed E-state index contributed by atoms with van der Waals surface area (Å²) in [7, 11) is 0. The molecule has 0 unspecified atom stereocenters. The van der Waals surface area contributed by atoms with Crippen molar-refractivity contribution in [2.75, 3.05) is 0 Å². The number of thiazole rings is 2. The molecule has 0 aliphatic carbocycles. The molecule has 0 radical (unpaired) electrons. The van der Waals surface area contributed by atoms with Gasteiger partial charge in [0, 0.05) is 23.5 Å². The van der Waals surface area contributed by atoms with Crippen molar-refractivity contribution >= 4 is 27.8 Å². The van der Waals surface area contributed by atoms with Crippen LogP contribution < -0.4 is 9.37 Å². The summed E-state index contributed by atoms with van der Waals surface area (Å²) in [6.07, 6.45) is 3.99. The van der Waals surface area contributed by atoms with E-state index in [1.54, 1.807) is 22.7 Å². The van der Waals surface area contributed by atoms with Gasteiger partial charge in [-0.05, 0) is 25.2 Å². The van der Waals surface area contributed by atoms with E-state index in [0.717, 1.165) is 23.0 Å². The third-order valence-electron chi connectivity index (χ3n) is 2.26. The molecule has 5 nitrogen and oxygen atoms in total. The first-order valence-corrected chi connectivity index (χ1v) is 7.16. The molecule has 0 aliphatic rings. The minimum atomic E-state index is 0.871. The van der Waals surface area contributed by atoms with Crippen LogP contribution in [0.15, 0.2) is 38.6 Å². The Labute approximate surface area is 107 Å². The van der Waals surface area contributed by atoms with E-state index >= 15 is 0 Å². The van der Waals surface area contributed by atoms with E-state index < -0.39 is 0 Å². The van der Waals surface area contributed by atoms with Crippen LogP contribution in [-0.4, -0.2) is 4.57 Å². The largest absolute Gasteiger partial charge is 0.410 e. The summed E-state index contributed by atoms with van der Waals surface area (Å²) in [6, 6.07) is 0. The van der Waals surface area contributed by atoms with Crippen LogP contribution in [0.3, 0.4) is 0 Å². The SMILES string of the molecule is CCn1ccs/c1=N/N=N/c1scc[n+]1CC. The standard InChI is InChI=1S/C10H14N5S2/c1-3-14-5-7-16-9(14)11-13-12-10-15(4-2)6-8-17-10/h5-8H,3-4H2,1-2H3/q+1. The second-order valence-corrected chi connectivity index (χ2v) is 4.98. The zero-order valence-electron chi connectivity index (χ0n) is 9.78. The predicted molar refractivity (Wildman–Crippen MR) is 68.3 cm³/mol. The first kappa shape index (κ1) is 12.1. The number of nitrogens with zero attached hydrogens (tertiary/aromatic N) is 5.